The van der Waals surface area contributed by atoms with E-state index in [-0.39, 0.29) is 17.5 Å². The highest BCUT2D eigenvalue weighted by Crippen LogP contribution is 2.23. The van der Waals surface area contributed by atoms with Gasteiger partial charge in [-0.1, -0.05) is 6.07 Å². The number of fused-ring (bicyclic) bond motifs is 1. The lowest BCUT2D eigenvalue weighted by Gasteiger charge is -2.28. The normalized spacial score (nSPS) is 14.3. The number of benzene rings is 1. The molecule has 0 radical (unpaired) electrons. The number of rotatable bonds is 2. The molecule has 0 fully saturated rings. The van der Waals surface area contributed by atoms with Gasteiger partial charge >= 0.3 is 0 Å². The monoisotopic (exact) mass is 254 g/mol. The predicted molar refractivity (Wildman–Crippen MR) is 62.9 cm³/mol. The third kappa shape index (κ3) is 2.39. The largest absolute Gasteiger partial charge is 0.337 e. The average Bonchev–Trinajstić information content (AvgIpc) is 2.36. The van der Waals surface area contributed by atoms with Crippen molar-refractivity contribution in [2.24, 2.45) is 0 Å². The Bertz CT molecular complexity index is 476. The summed E-state index contributed by atoms with van der Waals surface area (Å²) in [6, 6.07) is 4.79. The number of amides is 1. The molecule has 5 nitrogen and oxygen atoms in total. The Balaban J connectivity index is 2.26. The quantitative estimate of drug-likeness (QED) is 0.459. The van der Waals surface area contributed by atoms with Crippen LogP contribution < -0.4 is 0 Å². The predicted octanol–water partition coefficient (Wildman–Crippen LogP) is 1.72. The van der Waals surface area contributed by atoms with Crippen LogP contribution in [0, 0.1) is 10.1 Å². The molecule has 0 aliphatic carbocycles. The Kier molecular flexibility index (Phi) is 3.28. The second-order valence-electron chi connectivity index (χ2n) is 3.91. The van der Waals surface area contributed by atoms with Gasteiger partial charge in [0.15, 0.2) is 0 Å². The van der Waals surface area contributed by atoms with Crippen molar-refractivity contribution in [2.75, 3.05) is 12.4 Å². The summed E-state index contributed by atoms with van der Waals surface area (Å²) in [5.41, 5.74) is 1.96. The van der Waals surface area contributed by atoms with Crippen molar-refractivity contribution >= 4 is 23.2 Å². The van der Waals surface area contributed by atoms with Gasteiger partial charge < -0.3 is 4.90 Å². The zero-order valence-electron chi connectivity index (χ0n) is 9.06. The molecular formula is C11H11ClN2O3. The number of nitro groups is 1. The molecule has 0 unspecified atom stereocenters. The second-order valence-corrected chi connectivity index (χ2v) is 4.18. The Morgan fingerprint density at radius 2 is 2.24 bits per heavy atom. The van der Waals surface area contributed by atoms with Crippen LogP contribution in [0.1, 0.15) is 11.1 Å². The number of hydrogen-bond donors (Lipinski definition) is 0. The number of carbonyl (C=O) groups is 1. The van der Waals surface area contributed by atoms with Gasteiger partial charge in [-0.3, -0.25) is 14.9 Å². The van der Waals surface area contributed by atoms with E-state index in [2.05, 4.69) is 0 Å². The van der Waals surface area contributed by atoms with Crippen molar-refractivity contribution in [2.45, 2.75) is 13.0 Å². The lowest BCUT2D eigenvalue weighted by Crippen LogP contribution is -2.36. The number of nitrogens with zero attached hydrogens (tertiary/aromatic N) is 2. The second kappa shape index (κ2) is 4.71. The molecule has 0 saturated heterocycles. The number of halogens is 1. The summed E-state index contributed by atoms with van der Waals surface area (Å²) in [6.45, 7) is 1.03. The minimum Gasteiger partial charge on any atom is -0.337 e. The van der Waals surface area contributed by atoms with Gasteiger partial charge in [0.2, 0.25) is 5.91 Å². The van der Waals surface area contributed by atoms with E-state index in [1.165, 1.54) is 12.1 Å². The van der Waals surface area contributed by atoms with Gasteiger partial charge in [0, 0.05) is 25.2 Å². The lowest BCUT2D eigenvalue weighted by atomic mass is 9.99. The van der Waals surface area contributed by atoms with Crippen LogP contribution in [0.3, 0.4) is 0 Å². The summed E-state index contributed by atoms with van der Waals surface area (Å²) in [6.07, 6.45) is 0.718. The van der Waals surface area contributed by atoms with E-state index in [1.807, 2.05) is 0 Å². The number of nitro benzene ring substituents is 1. The van der Waals surface area contributed by atoms with Crippen molar-refractivity contribution in [1.29, 1.82) is 0 Å². The first-order chi connectivity index (χ1) is 8.11. The summed E-state index contributed by atoms with van der Waals surface area (Å²) in [5, 5.41) is 10.7. The third-order valence-electron chi connectivity index (χ3n) is 2.88. The molecule has 2 rings (SSSR count). The van der Waals surface area contributed by atoms with E-state index >= 15 is 0 Å². The molecular weight excluding hydrogens is 244 g/mol. The van der Waals surface area contributed by atoms with E-state index in [9.17, 15) is 14.9 Å². The van der Waals surface area contributed by atoms with Crippen molar-refractivity contribution in [3.63, 3.8) is 0 Å². The fraction of sp³-hybridized carbons (Fsp3) is 0.364. The van der Waals surface area contributed by atoms with Gasteiger partial charge in [-0.25, -0.2) is 0 Å². The fourth-order valence-electron chi connectivity index (χ4n) is 1.95. The van der Waals surface area contributed by atoms with E-state index in [4.69, 9.17) is 11.6 Å². The summed E-state index contributed by atoms with van der Waals surface area (Å²) >= 11 is 5.49. The maximum atomic E-state index is 11.5. The SMILES string of the molecule is O=C(CCl)N1CCc2ccc([N+](=O)[O-])cc2C1. The summed E-state index contributed by atoms with van der Waals surface area (Å²) in [7, 11) is 0. The van der Waals surface area contributed by atoms with Crippen molar-refractivity contribution in [3.05, 3.63) is 39.4 Å². The van der Waals surface area contributed by atoms with Crippen LogP contribution in [-0.2, 0) is 17.8 Å². The molecule has 0 bridgehead atoms. The first-order valence-electron chi connectivity index (χ1n) is 5.21. The zero-order chi connectivity index (χ0) is 12.4. The maximum absolute atomic E-state index is 11.5. The molecule has 1 aliphatic rings. The van der Waals surface area contributed by atoms with Crippen molar-refractivity contribution in [3.8, 4) is 0 Å². The highest BCUT2D eigenvalue weighted by molar-refractivity contribution is 6.27. The molecule has 0 saturated carbocycles. The van der Waals surface area contributed by atoms with Crippen LogP contribution in [0.15, 0.2) is 18.2 Å². The number of alkyl halides is 1. The summed E-state index contributed by atoms with van der Waals surface area (Å²) in [4.78, 5) is 23.3. The highest BCUT2D eigenvalue weighted by atomic mass is 35.5. The minimum absolute atomic E-state index is 0.0513. The Morgan fingerprint density at radius 1 is 1.47 bits per heavy atom. The lowest BCUT2D eigenvalue weighted by molar-refractivity contribution is -0.385. The van der Waals surface area contributed by atoms with Gasteiger partial charge in [0.25, 0.3) is 5.69 Å². The Morgan fingerprint density at radius 3 is 2.88 bits per heavy atom. The molecule has 0 atom stereocenters. The Hall–Kier alpha value is -1.62. The van der Waals surface area contributed by atoms with Crippen LogP contribution in [0.5, 0.6) is 0 Å². The molecule has 1 aromatic carbocycles. The van der Waals surface area contributed by atoms with Crippen molar-refractivity contribution < 1.29 is 9.72 Å². The minimum atomic E-state index is -0.428. The molecule has 1 aliphatic heterocycles. The average molecular weight is 255 g/mol. The van der Waals surface area contributed by atoms with Crippen molar-refractivity contribution in [1.82, 2.24) is 4.90 Å². The van der Waals surface area contributed by atoms with Gasteiger partial charge in [0.05, 0.1) is 4.92 Å². The van der Waals surface area contributed by atoms with Crippen LogP contribution in [-0.4, -0.2) is 28.2 Å². The first kappa shape index (κ1) is 11.9. The standard InChI is InChI=1S/C11H11ClN2O3/c12-6-11(15)13-4-3-8-1-2-10(14(16)17)5-9(8)7-13/h1-2,5H,3-4,6-7H2. The van der Waals surface area contributed by atoms with E-state index in [1.54, 1.807) is 11.0 Å². The van der Waals surface area contributed by atoms with E-state index in [0.717, 1.165) is 17.5 Å². The number of hydrogen-bond acceptors (Lipinski definition) is 3. The van der Waals surface area contributed by atoms with E-state index < -0.39 is 4.92 Å². The van der Waals surface area contributed by atoms with Crippen LogP contribution in [0.4, 0.5) is 5.69 Å². The molecule has 1 heterocycles. The topological polar surface area (TPSA) is 63.5 Å². The summed E-state index contributed by atoms with van der Waals surface area (Å²) < 4.78 is 0. The van der Waals surface area contributed by atoms with Crippen LogP contribution in [0.2, 0.25) is 0 Å². The van der Waals surface area contributed by atoms with Gasteiger partial charge in [0.1, 0.15) is 5.88 Å². The molecule has 17 heavy (non-hydrogen) atoms. The van der Waals surface area contributed by atoms with Crippen LogP contribution in [0.25, 0.3) is 0 Å². The molecule has 90 valence electrons. The van der Waals surface area contributed by atoms with E-state index in [0.29, 0.717) is 13.1 Å². The molecule has 0 aromatic heterocycles. The third-order valence-corrected chi connectivity index (χ3v) is 3.11. The smallest absolute Gasteiger partial charge is 0.269 e. The molecule has 6 heteroatoms. The fourth-order valence-corrected chi connectivity index (χ4v) is 2.12. The van der Waals surface area contributed by atoms with Gasteiger partial charge in [-0.2, -0.15) is 0 Å². The highest BCUT2D eigenvalue weighted by Gasteiger charge is 2.21. The molecule has 0 spiro atoms. The van der Waals surface area contributed by atoms with Gasteiger partial charge in [-0.15, -0.1) is 11.6 Å². The molecule has 1 amide bonds. The van der Waals surface area contributed by atoms with Gasteiger partial charge in [-0.05, 0) is 17.5 Å². The molecule has 1 aromatic rings. The maximum Gasteiger partial charge on any atom is 0.269 e. The molecule has 0 N–H and O–H groups in total. The van der Waals surface area contributed by atoms with Crippen LogP contribution >= 0.6 is 11.6 Å². The zero-order valence-corrected chi connectivity index (χ0v) is 9.81. The number of non-ortho nitro benzene ring substituents is 1. The summed E-state index contributed by atoms with van der Waals surface area (Å²) in [5.74, 6) is -0.187. The Labute approximate surface area is 103 Å². The first-order valence-corrected chi connectivity index (χ1v) is 5.75. The number of carbonyl (C=O) groups excluding carboxylic acids is 1.